The summed E-state index contributed by atoms with van der Waals surface area (Å²) in [6, 6.07) is 2.38. The Morgan fingerprint density at radius 2 is 2.20 bits per heavy atom. The molecular formula is C11H20N4. The fraction of sp³-hybridized carbons (Fsp3) is 0.545. The van der Waals surface area contributed by atoms with Crippen LogP contribution in [0.1, 0.15) is 12.5 Å². The summed E-state index contributed by atoms with van der Waals surface area (Å²) in [5.74, 6) is 0.773. The second kappa shape index (κ2) is 4.98. The molecule has 84 valence electrons. The second-order valence-corrected chi connectivity index (χ2v) is 4.14. The van der Waals surface area contributed by atoms with Gasteiger partial charge in [0, 0.05) is 18.8 Å². The monoisotopic (exact) mass is 208 g/mol. The van der Waals surface area contributed by atoms with E-state index < -0.39 is 0 Å². The zero-order valence-electron chi connectivity index (χ0n) is 9.91. The van der Waals surface area contributed by atoms with Crippen molar-refractivity contribution in [2.45, 2.75) is 19.9 Å². The van der Waals surface area contributed by atoms with E-state index in [4.69, 9.17) is 5.73 Å². The molecule has 1 unspecified atom stereocenters. The Bertz CT molecular complexity index is 322. The van der Waals surface area contributed by atoms with Crippen LogP contribution in [-0.4, -0.2) is 36.6 Å². The SMILES string of the molecule is Cc1cnc(NCC(C)N(C)C)c(N)c1. The molecule has 0 radical (unpaired) electrons. The van der Waals surface area contributed by atoms with Crippen LogP contribution < -0.4 is 11.1 Å². The van der Waals surface area contributed by atoms with Gasteiger partial charge in [-0.2, -0.15) is 0 Å². The molecule has 4 heteroatoms. The second-order valence-electron chi connectivity index (χ2n) is 4.14. The quantitative estimate of drug-likeness (QED) is 0.784. The van der Waals surface area contributed by atoms with E-state index in [1.54, 1.807) is 0 Å². The molecule has 15 heavy (non-hydrogen) atoms. The highest BCUT2D eigenvalue weighted by molar-refractivity contribution is 5.61. The molecular weight excluding hydrogens is 188 g/mol. The number of hydrogen-bond acceptors (Lipinski definition) is 4. The molecule has 0 aliphatic heterocycles. The Balaban J connectivity index is 2.58. The van der Waals surface area contributed by atoms with Crippen LogP contribution in [0.2, 0.25) is 0 Å². The molecule has 0 bridgehead atoms. The van der Waals surface area contributed by atoms with Gasteiger partial charge in [0.1, 0.15) is 5.82 Å². The summed E-state index contributed by atoms with van der Waals surface area (Å²) >= 11 is 0. The zero-order valence-corrected chi connectivity index (χ0v) is 9.91. The van der Waals surface area contributed by atoms with Crippen LogP contribution in [0.3, 0.4) is 0 Å². The van der Waals surface area contributed by atoms with Crippen LogP contribution in [0.25, 0.3) is 0 Å². The normalized spacial score (nSPS) is 12.9. The van der Waals surface area contributed by atoms with Crippen molar-refractivity contribution in [3.05, 3.63) is 17.8 Å². The summed E-state index contributed by atoms with van der Waals surface area (Å²) in [5.41, 5.74) is 7.64. The number of nitrogens with two attached hydrogens (primary N) is 1. The van der Waals surface area contributed by atoms with Gasteiger partial charge in [0.2, 0.25) is 0 Å². The van der Waals surface area contributed by atoms with Gasteiger partial charge in [-0.05, 0) is 39.6 Å². The third kappa shape index (κ3) is 3.40. The molecule has 0 aliphatic rings. The molecule has 0 amide bonds. The number of aryl methyl sites for hydroxylation is 1. The van der Waals surface area contributed by atoms with E-state index in [1.165, 1.54) is 0 Å². The number of nitrogens with zero attached hydrogens (tertiary/aromatic N) is 2. The van der Waals surface area contributed by atoms with Gasteiger partial charge in [0.25, 0.3) is 0 Å². The van der Waals surface area contributed by atoms with Crippen LogP contribution >= 0.6 is 0 Å². The lowest BCUT2D eigenvalue weighted by Gasteiger charge is -2.20. The number of likely N-dealkylation sites (N-methyl/N-ethyl adjacent to an activating group) is 1. The highest BCUT2D eigenvalue weighted by Crippen LogP contribution is 2.15. The van der Waals surface area contributed by atoms with E-state index in [1.807, 2.05) is 19.2 Å². The average Bonchev–Trinajstić information content (AvgIpc) is 2.15. The van der Waals surface area contributed by atoms with E-state index >= 15 is 0 Å². The Morgan fingerprint density at radius 3 is 2.73 bits per heavy atom. The van der Waals surface area contributed by atoms with Gasteiger partial charge >= 0.3 is 0 Å². The van der Waals surface area contributed by atoms with E-state index in [0.29, 0.717) is 11.7 Å². The zero-order chi connectivity index (χ0) is 11.4. The molecule has 0 aliphatic carbocycles. The fourth-order valence-corrected chi connectivity index (χ4v) is 1.17. The van der Waals surface area contributed by atoms with E-state index in [9.17, 15) is 0 Å². The minimum Gasteiger partial charge on any atom is -0.396 e. The Labute approximate surface area is 91.5 Å². The largest absolute Gasteiger partial charge is 0.396 e. The Morgan fingerprint density at radius 1 is 1.53 bits per heavy atom. The summed E-state index contributed by atoms with van der Waals surface area (Å²) < 4.78 is 0. The third-order valence-electron chi connectivity index (χ3n) is 2.50. The molecule has 0 fully saturated rings. The van der Waals surface area contributed by atoms with Gasteiger partial charge in [-0.3, -0.25) is 0 Å². The minimum atomic E-state index is 0.451. The summed E-state index contributed by atoms with van der Waals surface area (Å²) in [6.45, 7) is 4.97. The van der Waals surface area contributed by atoms with Crippen molar-refractivity contribution in [2.75, 3.05) is 31.7 Å². The lowest BCUT2D eigenvalue weighted by Crippen LogP contribution is -2.31. The molecule has 1 atom stereocenters. The van der Waals surface area contributed by atoms with Crippen LogP contribution in [-0.2, 0) is 0 Å². The van der Waals surface area contributed by atoms with Crippen molar-refractivity contribution >= 4 is 11.5 Å². The van der Waals surface area contributed by atoms with Gasteiger partial charge < -0.3 is 16.0 Å². The fourth-order valence-electron chi connectivity index (χ4n) is 1.17. The highest BCUT2D eigenvalue weighted by atomic mass is 15.1. The molecule has 0 saturated carbocycles. The number of anilines is 2. The molecule has 1 aromatic heterocycles. The smallest absolute Gasteiger partial charge is 0.149 e. The van der Waals surface area contributed by atoms with Gasteiger partial charge in [-0.15, -0.1) is 0 Å². The maximum atomic E-state index is 5.85. The Kier molecular flexibility index (Phi) is 3.91. The van der Waals surface area contributed by atoms with Crippen molar-refractivity contribution < 1.29 is 0 Å². The molecule has 0 saturated heterocycles. The number of rotatable bonds is 4. The lowest BCUT2D eigenvalue weighted by molar-refractivity contribution is 0.326. The van der Waals surface area contributed by atoms with Crippen molar-refractivity contribution in [1.82, 2.24) is 9.88 Å². The first-order valence-corrected chi connectivity index (χ1v) is 5.13. The third-order valence-corrected chi connectivity index (χ3v) is 2.50. The molecule has 1 heterocycles. The topological polar surface area (TPSA) is 54.2 Å². The maximum absolute atomic E-state index is 5.85. The van der Waals surface area contributed by atoms with Crippen LogP contribution in [0, 0.1) is 6.92 Å². The molecule has 0 aromatic carbocycles. The first-order chi connectivity index (χ1) is 7.00. The first-order valence-electron chi connectivity index (χ1n) is 5.13. The summed E-state index contributed by atoms with van der Waals surface area (Å²) in [6.07, 6.45) is 1.82. The molecule has 1 aromatic rings. The van der Waals surface area contributed by atoms with E-state index in [-0.39, 0.29) is 0 Å². The number of hydrogen-bond donors (Lipinski definition) is 2. The summed E-state index contributed by atoms with van der Waals surface area (Å²) in [4.78, 5) is 6.40. The highest BCUT2D eigenvalue weighted by Gasteiger charge is 2.05. The number of nitrogen functional groups attached to an aromatic ring is 1. The van der Waals surface area contributed by atoms with E-state index in [0.717, 1.165) is 17.9 Å². The van der Waals surface area contributed by atoms with Crippen molar-refractivity contribution in [3.8, 4) is 0 Å². The summed E-state index contributed by atoms with van der Waals surface area (Å²) in [5, 5.41) is 3.24. The van der Waals surface area contributed by atoms with Crippen molar-refractivity contribution in [2.24, 2.45) is 0 Å². The Hall–Kier alpha value is -1.29. The van der Waals surface area contributed by atoms with Gasteiger partial charge in [-0.1, -0.05) is 0 Å². The molecule has 4 nitrogen and oxygen atoms in total. The predicted molar refractivity (Wildman–Crippen MR) is 65.0 cm³/mol. The van der Waals surface area contributed by atoms with Gasteiger partial charge in [-0.25, -0.2) is 4.98 Å². The lowest BCUT2D eigenvalue weighted by atomic mass is 10.2. The number of pyridine rings is 1. The van der Waals surface area contributed by atoms with Gasteiger partial charge in [0.15, 0.2) is 0 Å². The van der Waals surface area contributed by atoms with Gasteiger partial charge in [0.05, 0.1) is 5.69 Å². The molecule has 3 N–H and O–H groups in total. The molecule has 1 rings (SSSR count). The predicted octanol–water partition coefficient (Wildman–Crippen LogP) is 1.33. The number of nitrogens with one attached hydrogen (secondary N) is 1. The molecule has 0 spiro atoms. The van der Waals surface area contributed by atoms with Crippen molar-refractivity contribution in [1.29, 1.82) is 0 Å². The van der Waals surface area contributed by atoms with Crippen LogP contribution in [0.4, 0.5) is 11.5 Å². The number of aromatic nitrogens is 1. The average molecular weight is 208 g/mol. The first kappa shape index (κ1) is 11.8. The van der Waals surface area contributed by atoms with Crippen LogP contribution in [0.15, 0.2) is 12.3 Å². The van der Waals surface area contributed by atoms with Crippen LogP contribution in [0.5, 0.6) is 0 Å². The minimum absolute atomic E-state index is 0.451. The standard InChI is InChI=1S/C11H20N4/c1-8-5-10(12)11(13-6-8)14-7-9(2)15(3)4/h5-6,9H,7,12H2,1-4H3,(H,13,14). The van der Waals surface area contributed by atoms with Crippen molar-refractivity contribution in [3.63, 3.8) is 0 Å². The summed E-state index contributed by atoms with van der Waals surface area (Å²) in [7, 11) is 4.11. The van der Waals surface area contributed by atoms with E-state index in [2.05, 4.69) is 36.2 Å². The maximum Gasteiger partial charge on any atom is 0.149 e.